The first-order chi connectivity index (χ1) is 30.8. The topological polar surface area (TPSA) is 152 Å². The third kappa shape index (κ3) is 9.76. The van der Waals surface area contributed by atoms with Crippen molar-refractivity contribution in [1.82, 2.24) is 30.0 Å². The van der Waals surface area contributed by atoms with Gasteiger partial charge in [0, 0.05) is 99.4 Å². The number of halogens is 2. The molecule has 0 radical (unpaired) electrons. The highest BCUT2D eigenvalue weighted by Gasteiger charge is 2.40. The molecule has 3 aromatic carbocycles. The van der Waals surface area contributed by atoms with E-state index in [1.54, 1.807) is 20.4 Å². The van der Waals surface area contributed by atoms with Gasteiger partial charge in [0.15, 0.2) is 5.82 Å². The van der Waals surface area contributed by atoms with Crippen LogP contribution >= 0.6 is 18.7 Å². The number of anilines is 5. The molecule has 1 unspecified atom stereocenters. The summed E-state index contributed by atoms with van der Waals surface area (Å²) in [5, 5.41) is 9.96. The SMILES string of the molecule is CCc1cc(Nc2ncc(Cl)c(Nc3ccccc3P(C)(C)=O)n2)c(OC)cc1N1CCC(N2CCN(CCC#Cc3c(F)ccc4c3CN(C3CCC(=O)NC3=O)C4=O)CC2)CC1. The van der Waals surface area contributed by atoms with Crippen molar-refractivity contribution in [1.29, 1.82) is 0 Å². The molecule has 4 aliphatic rings. The Labute approximate surface area is 378 Å². The number of fused-ring (bicyclic) bond motifs is 1. The number of hydrogen-bond acceptors (Lipinski definition) is 12. The van der Waals surface area contributed by atoms with Crippen LogP contribution in [0.5, 0.6) is 5.75 Å². The van der Waals surface area contributed by atoms with E-state index in [1.807, 2.05) is 24.3 Å². The number of ether oxygens (including phenoxy) is 1. The Morgan fingerprint density at radius 2 is 1.75 bits per heavy atom. The summed E-state index contributed by atoms with van der Waals surface area (Å²) in [4.78, 5) is 55.3. The molecule has 3 fully saturated rings. The molecular formula is C47H54ClFN9O5P. The monoisotopic (exact) mass is 909 g/mol. The molecule has 64 heavy (non-hydrogen) atoms. The van der Waals surface area contributed by atoms with Crippen molar-refractivity contribution in [2.45, 2.75) is 64.1 Å². The number of rotatable bonds is 12. The fourth-order valence-corrected chi connectivity index (χ4v) is 10.5. The maximum atomic E-state index is 15.1. The number of aryl methyl sites for hydroxylation is 1. The molecule has 1 aromatic heterocycles. The first-order valence-electron chi connectivity index (χ1n) is 21.9. The zero-order chi connectivity index (χ0) is 45.1. The standard InChI is InChI=1S/C47H54ClFN9O5P/c1-5-30-26-38(52-47-50-28-35(48)44(54-47)51-37-11-6-7-12-42(37)64(3,4)62)41(63-2)27-40(30)57-20-17-31(18-21-57)56-24-22-55(23-25-56)19-9-8-10-32-34-29-58(39-15-16-43(59)53-45(39)60)46(61)33(34)13-14-36(32)49/h6-7,11-14,26-28,31,39H,5,9,15-25,29H2,1-4H3,(H,53,59,60)(H2,50,51,52,54). The fraction of sp³-hybridized carbons (Fsp3) is 0.426. The van der Waals surface area contributed by atoms with Gasteiger partial charge in [-0.2, -0.15) is 4.98 Å². The van der Waals surface area contributed by atoms with Crippen molar-refractivity contribution in [3.8, 4) is 17.6 Å². The zero-order valence-corrected chi connectivity index (χ0v) is 38.3. The lowest BCUT2D eigenvalue weighted by Gasteiger charge is -2.43. The molecule has 8 rings (SSSR count). The van der Waals surface area contributed by atoms with Gasteiger partial charge in [0.05, 0.1) is 30.2 Å². The number of methoxy groups -OCH3 is 1. The molecule has 14 nitrogen and oxygen atoms in total. The minimum Gasteiger partial charge on any atom is -0.494 e. The maximum absolute atomic E-state index is 15.1. The average molecular weight is 910 g/mol. The summed E-state index contributed by atoms with van der Waals surface area (Å²) in [6, 6.07) is 14.1. The first-order valence-corrected chi connectivity index (χ1v) is 24.9. The molecule has 0 aliphatic carbocycles. The summed E-state index contributed by atoms with van der Waals surface area (Å²) >= 11 is 6.53. The molecule has 0 bridgehead atoms. The van der Waals surface area contributed by atoms with Crippen LogP contribution in [-0.2, 0) is 27.1 Å². The van der Waals surface area contributed by atoms with Crippen LogP contribution in [0.2, 0.25) is 5.02 Å². The normalized spacial score (nSPS) is 18.7. The second-order valence-electron chi connectivity index (χ2n) is 17.0. The van der Waals surface area contributed by atoms with Crippen LogP contribution in [0.25, 0.3) is 0 Å². The van der Waals surface area contributed by atoms with Crippen LogP contribution in [0.4, 0.5) is 33.2 Å². The minimum absolute atomic E-state index is 0.0873. The molecule has 17 heteroatoms. The van der Waals surface area contributed by atoms with Gasteiger partial charge in [-0.15, -0.1) is 0 Å². The Balaban J connectivity index is 0.835. The van der Waals surface area contributed by atoms with E-state index in [9.17, 15) is 18.9 Å². The van der Waals surface area contributed by atoms with Crippen molar-refractivity contribution in [2.24, 2.45) is 0 Å². The van der Waals surface area contributed by atoms with Crippen LogP contribution in [0, 0.1) is 17.7 Å². The summed E-state index contributed by atoms with van der Waals surface area (Å²) in [6.07, 6.45) is 5.43. The van der Waals surface area contributed by atoms with Gasteiger partial charge in [-0.3, -0.25) is 29.5 Å². The lowest BCUT2D eigenvalue weighted by Crippen LogP contribution is -2.53. The largest absolute Gasteiger partial charge is 0.494 e. The Bertz CT molecular complexity index is 2560. The number of piperidine rings is 2. The number of hydrogen-bond donors (Lipinski definition) is 3. The first kappa shape index (κ1) is 45.1. The Kier molecular flexibility index (Phi) is 13.6. The van der Waals surface area contributed by atoms with Gasteiger partial charge in [-0.25, -0.2) is 9.37 Å². The number of aromatic nitrogens is 2. The number of benzene rings is 3. The van der Waals surface area contributed by atoms with Gasteiger partial charge >= 0.3 is 0 Å². The molecule has 336 valence electrons. The summed E-state index contributed by atoms with van der Waals surface area (Å²) in [6.45, 7) is 12.1. The number of piperazine rings is 1. The molecule has 0 saturated carbocycles. The van der Waals surface area contributed by atoms with Gasteiger partial charge in [0.2, 0.25) is 17.8 Å². The number of para-hydroxylation sites is 1. The van der Waals surface area contributed by atoms with E-state index in [0.717, 1.165) is 76.5 Å². The smallest absolute Gasteiger partial charge is 0.255 e. The van der Waals surface area contributed by atoms with Gasteiger partial charge in [0.25, 0.3) is 5.91 Å². The van der Waals surface area contributed by atoms with Crippen molar-refractivity contribution in [3.05, 3.63) is 87.8 Å². The molecule has 3 N–H and O–H groups in total. The van der Waals surface area contributed by atoms with E-state index in [2.05, 4.69) is 71.5 Å². The lowest BCUT2D eigenvalue weighted by molar-refractivity contribution is -0.136. The number of nitrogens with one attached hydrogen (secondary N) is 3. The quantitative estimate of drug-likeness (QED) is 0.0824. The van der Waals surface area contributed by atoms with Crippen LogP contribution < -0.4 is 30.9 Å². The Morgan fingerprint density at radius 1 is 0.984 bits per heavy atom. The average Bonchev–Trinajstić information content (AvgIpc) is 3.62. The third-order valence-corrected chi connectivity index (χ3v) is 14.5. The summed E-state index contributed by atoms with van der Waals surface area (Å²) in [5.74, 6) is 5.90. The predicted octanol–water partition coefficient (Wildman–Crippen LogP) is 6.36. The summed E-state index contributed by atoms with van der Waals surface area (Å²) in [7, 11) is -0.907. The van der Waals surface area contributed by atoms with E-state index < -0.39 is 24.9 Å². The van der Waals surface area contributed by atoms with Gasteiger partial charge in [0.1, 0.15) is 29.8 Å². The van der Waals surface area contributed by atoms with Crippen molar-refractivity contribution < 1.29 is 28.1 Å². The van der Waals surface area contributed by atoms with E-state index in [1.165, 1.54) is 28.8 Å². The van der Waals surface area contributed by atoms with Crippen LogP contribution in [0.1, 0.15) is 66.1 Å². The molecule has 0 spiro atoms. The molecule has 5 heterocycles. The summed E-state index contributed by atoms with van der Waals surface area (Å²) in [5.41, 5.74) is 4.83. The van der Waals surface area contributed by atoms with Crippen LogP contribution in [-0.4, -0.2) is 121 Å². The molecular weight excluding hydrogens is 856 g/mol. The number of imide groups is 1. The Morgan fingerprint density at radius 3 is 2.47 bits per heavy atom. The highest BCUT2D eigenvalue weighted by atomic mass is 35.5. The minimum atomic E-state index is -2.57. The van der Waals surface area contributed by atoms with E-state index in [4.69, 9.17) is 16.3 Å². The van der Waals surface area contributed by atoms with Gasteiger partial charge < -0.3 is 29.7 Å². The van der Waals surface area contributed by atoms with E-state index in [0.29, 0.717) is 57.1 Å². The second kappa shape index (κ2) is 19.3. The van der Waals surface area contributed by atoms with Crippen molar-refractivity contribution in [2.75, 3.05) is 81.8 Å². The van der Waals surface area contributed by atoms with Crippen LogP contribution in [0.3, 0.4) is 0 Å². The van der Waals surface area contributed by atoms with Gasteiger partial charge in [-0.05, 0) is 74.9 Å². The van der Waals surface area contributed by atoms with Gasteiger partial charge in [-0.1, -0.05) is 42.5 Å². The molecule has 3 saturated heterocycles. The Hall–Kier alpha value is -5.52. The lowest BCUT2D eigenvalue weighted by atomic mass is 9.99. The highest BCUT2D eigenvalue weighted by molar-refractivity contribution is 7.70. The number of carbonyl (C=O) groups is 3. The summed E-state index contributed by atoms with van der Waals surface area (Å²) < 4.78 is 33.9. The molecule has 3 amide bonds. The molecule has 4 aliphatic heterocycles. The predicted molar refractivity (Wildman–Crippen MR) is 249 cm³/mol. The molecule has 1 atom stereocenters. The second-order valence-corrected chi connectivity index (χ2v) is 20.6. The zero-order valence-electron chi connectivity index (χ0n) is 36.7. The highest BCUT2D eigenvalue weighted by Crippen LogP contribution is 2.40. The number of nitrogens with zero attached hydrogens (tertiary/aromatic N) is 6. The van der Waals surface area contributed by atoms with E-state index in [-0.39, 0.29) is 36.8 Å². The molecule has 4 aromatic rings. The van der Waals surface area contributed by atoms with E-state index >= 15 is 4.39 Å². The van der Waals surface area contributed by atoms with Crippen LogP contribution in [0.15, 0.2) is 54.7 Å². The maximum Gasteiger partial charge on any atom is 0.255 e. The van der Waals surface area contributed by atoms with Crippen molar-refractivity contribution >= 4 is 70.6 Å². The number of carbonyl (C=O) groups excluding carboxylic acids is 3. The third-order valence-electron chi connectivity index (χ3n) is 12.7. The number of amides is 3. The fourth-order valence-electron chi connectivity index (χ4n) is 9.21. The van der Waals surface area contributed by atoms with Crippen molar-refractivity contribution in [3.63, 3.8) is 0 Å².